The number of amides is 2. The van der Waals surface area contributed by atoms with Crippen molar-refractivity contribution in [3.63, 3.8) is 0 Å². The molecule has 1 aromatic carbocycles. The first-order valence-electron chi connectivity index (χ1n) is 8.77. The lowest BCUT2D eigenvalue weighted by atomic mass is 10.0. The van der Waals surface area contributed by atoms with E-state index >= 15 is 0 Å². The second-order valence-corrected chi connectivity index (χ2v) is 6.41. The molecule has 154 valence electrons. The molecule has 1 aliphatic rings. The number of alkyl halides is 3. The van der Waals surface area contributed by atoms with Crippen molar-refractivity contribution in [2.75, 3.05) is 12.4 Å². The molecule has 2 amide bonds. The van der Waals surface area contributed by atoms with Gasteiger partial charge in [-0.05, 0) is 37.1 Å². The van der Waals surface area contributed by atoms with Crippen molar-refractivity contribution < 1.29 is 32.6 Å². The molecule has 28 heavy (non-hydrogen) atoms. The van der Waals surface area contributed by atoms with Crippen LogP contribution in [0.25, 0.3) is 0 Å². The molecule has 7 nitrogen and oxygen atoms in total. The molecule has 0 saturated carbocycles. The summed E-state index contributed by atoms with van der Waals surface area (Å²) in [5.41, 5.74) is -3.33. The van der Waals surface area contributed by atoms with Gasteiger partial charge in [0.05, 0.1) is 7.11 Å². The third-order valence-corrected chi connectivity index (χ3v) is 4.30. The second kappa shape index (κ2) is 8.59. The summed E-state index contributed by atoms with van der Waals surface area (Å²) in [5.74, 6) is -2.44. The van der Waals surface area contributed by atoms with E-state index in [1.807, 2.05) is 6.92 Å². The topological polar surface area (TPSA) is 91.2 Å². The van der Waals surface area contributed by atoms with E-state index in [9.17, 15) is 27.9 Å². The Balaban J connectivity index is 2.18. The van der Waals surface area contributed by atoms with Crippen LogP contribution in [0.2, 0.25) is 0 Å². The maximum Gasteiger partial charge on any atom is 0.438 e. The van der Waals surface area contributed by atoms with Crippen LogP contribution in [0.15, 0.2) is 29.4 Å². The number of hydrogen-bond acceptors (Lipinski definition) is 5. The molecule has 2 rings (SSSR count). The number of anilines is 1. The highest BCUT2D eigenvalue weighted by Gasteiger charge is 2.63. The molecule has 1 atom stereocenters. The Morgan fingerprint density at radius 1 is 1.29 bits per heavy atom. The lowest BCUT2D eigenvalue weighted by Crippen LogP contribution is -2.58. The number of methoxy groups -OCH3 is 1. The van der Waals surface area contributed by atoms with E-state index in [-0.39, 0.29) is 22.8 Å². The number of nitrogens with zero attached hydrogens (tertiary/aromatic N) is 2. The van der Waals surface area contributed by atoms with Gasteiger partial charge in [-0.2, -0.15) is 23.3 Å². The molecular formula is C18H22F3N3O4. The minimum Gasteiger partial charge on any atom is -0.497 e. The number of aliphatic hydroxyl groups is 1. The van der Waals surface area contributed by atoms with Gasteiger partial charge in [0.1, 0.15) is 5.75 Å². The summed E-state index contributed by atoms with van der Waals surface area (Å²) in [6.07, 6.45) is -3.64. The molecule has 0 spiro atoms. The number of unbranched alkanes of at least 4 members (excludes halogenated alkanes) is 2. The predicted molar refractivity (Wildman–Crippen MR) is 95.7 cm³/mol. The van der Waals surface area contributed by atoms with Crippen LogP contribution in [0, 0.1) is 0 Å². The molecule has 0 aliphatic carbocycles. The minimum atomic E-state index is -5.17. The number of hydrazone groups is 1. The Morgan fingerprint density at radius 2 is 1.93 bits per heavy atom. The zero-order valence-corrected chi connectivity index (χ0v) is 15.5. The van der Waals surface area contributed by atoms with Crippen LogP contribution < -0.4 is 10.1 Å². The number of benzene rings is 1. The lowest BCUT2D eigenvalue weighted by Gasteiger charge is -2.32. The Morgan fingerprint density at radius 3 is 2.46 bits per heavy atom. The van der Waals surface area contributed by atoms with E-state index in [1.165, 1.54) is 31.4 Å². The molecule has 10 heteroatoms. The van der Waals surface area contributed by atoms with E-state index < -0.39 is 30.1 Å². The first-order chi connectivity index (χ1) is 13.1. The highest BCUT2D eigenvalue weighted by molar-refractivity contribution is 6.39. The summed E-state index contributed by atoms with van der Waals surface area (Å²) in [6, 6.07) is 5.85. The predicted octanol–water partition coefficient (Wildman–Crippen LogP) is 3.05. The van der Waals surface area contributed by atoms with Crippen molar-refractivity contribution in [2.45, 2.75) is 50.9 Å². The number of carbonyl (C=O) groups excluding carboxylic acids is 2. The maximum absolute atomic E-state index is 13.4. The summed E-state index contributed by atoms with van der Waals surface area (Å²) < 4.78 is 45.2. The van der Waals surface area contributed by atoms with Gasteiger partial charge in [0.25, 0.3) is 5.72 Å². The van der Waals surface area contributed by atoms with Gasteiger partial charge in [0.15, 0.2) is 0 Å². The van der Waals surface area contributed by atoms with E-state index in [4.69, 9.17) is 4.74 Å². The van der Waals surface area contributed by atoms with Crippen molar-refractivity contribution in [3.8, 4) is 5.75 Å². The molecule has 1 heterocycles. The van der Waals surface area contributed by atoms with Crippen molar-refractivity contribution in [2.24, 2.45) is 5.10 Å². The van der Waals surface area contributed by atoms with Crippen LogP contribution >= 0.6 is 0 Å². The number of rotatable bonds is 6. The summed E-state index contributed by atoms with van der Waals surface area (Å²) in [6.45, 7) is 1.93. The number of nitrogens with one attached hydrogen (secondary N) is 1. The summed E-state index contributed by atoms with van der Waals surface area (Å²) in [4.78, 5) is 24.5. The maximum atomic E-state index is 13.4. The quantitative estimate of drug-likeness (QED) is 0.566. The van der Waals surface area contributed by atoms with Gasteiger partial charge in [-0.25, -0.2) is 0 Å². The van der Waals surface area contributed by atoms with E-state index in [0.717, 1.165) is 12.8 Å². The molecule has 0 saturated heterocycles. The van der Waals surface area contributed by atoms with Crippen LogP contribution in [0.4, 0.5) is 18.9 Å². The molecule has 1 aromatic rings. The molecule has 0 fully saturated rings. The highest BCUT2D eigenvalue weighted by Crippen LogP contribution is 2.41. The normalized spacial score (nSPS) is 19.4. The molecule has 2 N–H and O–H groups in total. The molecule has 0 unspecified atom stereocenters. The van der Waals surface area contributed by atoms with Crippen molar-refractivity contribution in [1.82, 2.24) is 5.01 Å². The molecule has 1 aliphatic heterocycles. The minimum absolute atomic E-state index is 0.0267. The fraction of sp³-hybridized carbons (Fsp3) is 0.500. The fourth-order valence-corrected chi connectivity index (χ4v) is 2.73. The van der Waals surface area contributed by atoms with Crippen LogP contribution in [-0.4, -0.2) is 46.7 Å². The van der Waals surface area contributed by atoms with Gasteiger partial charge in [0.2, 0.25) is 0 Å². The van der Waals surface area contributed by atoms with Crippen molar-refractivity contribution >= 4 is 23.2 Å². The van der Waals surface area contributed by atoms with Crippen LogP contribution in [0.5, 0.6) is 5.75 Å². The third-order valence-electron chi connectivity index (χ3n) is 4.30. The lowest BCUT2D eigenvalue weighted by molar-refractivity contribution is -0.301. The van der Waals surface area contributed by atoms with Gasteiger partial charge in [-0.3, -0.25) is 9.59 Å². The smallest absolute Gasteiger partial charge is 0.438 e. The third kappa shape index (κ3) is 4.61. The summed E-state index contributed by atoms with van der Waals surface area (Å²) >= 11 is 0. The van der Waals surface area contributed by atoms with Gasteiger partial charge >= 0.3 is 18.0 Å². The Hall–Kier alpha value is -2.62. The average molecular weight is 401 g/mol. The highest BCUT2D eigenvalue weighted by atomic mass is 19.4. The first kappa shape index (κ1) is 21.7. The summed E-state index contributed by atoms with van der Waals surface area (Å²) in [7, 11) is 1.44. The van der Waals surface area contributed by atoms with E-state index in [1.54, 1.807) is 0 Å². The Kier molecular flexibility index (Phi) is 6.65. The zero-order chi connectivity index (χ0) is 20.9. The van der Waals surface area contributed by atoms with Crippen LogP contribution in [0.3, 0.4) is 0 Å². The van der Waals surface area contributed by atoms with Gasteiger partial charge in [-0.15, -0.1) is 0 Å². The fourth-order valence-electron chi connectivity index (χ4n) is 2.73. The largest absolute Gasteiger partial charge is 0.497 e. The van der Waals surface area contributed by atoms with Gasteiger partial charge in [-0.1, -0.05) is 19.8 Å². The standard InChI is InChI=1S/C18H22F3N3O4/c1-3-4-5-6-13-11-17(27,18(19,20)21)24(23-13)16(26)15(25)22-12-7-9-14(28-2)10-8-12/h7-10,27H,3-6,11H2,1-2H3,(H,22,25)/t17-/m0/s1. The van der Waals surface area contributed by atoms with E-state index in [2.05, 4.69) is 10.4 Å². The Labute approximate surface area is 160 Å². The zero-order valence-electron chi connectivity index (χ0n) is 15.5. The number of carbonyl (C=O) groups is 2. The van der Waals surface area contributed by atoms with Crippen LogP contribution in [0.1, 0.15) is 39.0 Å². The van der Waals surface area contributed by atoms with Gasteiger partial charge in [0, 0.05) is 17.8 Å². The number of hydrogen-bond donors (Lipinski definition) is 2. The second-order valence-electron chi connectivity index (χ2n) is 6.41. The molecule has 0 bridgehead atoms. The number of halogens is 3. The number of ether oxygens (including phenoxy) is 1. The van der Waals surface area contributed by atoms with E-state index in [0.29, 0.717) is 12.2 Å². The van der Waals surface area contributed by atoms with Crippen LogP contribution in [-0.2, 0) is 9.59 Å². The van der Waals surface area contributed by atoms with Gasteiger partial charge < -0.3 is 15.2 Å². The molecule has 0 radical (unpaired) electrons. The SMILES string of the molecule is CCCCCC1=NN(C(=O)C(=O)Nc2ccc(OC)cc2)[C@@](O)(C(F)(F)F)C1. The summed E-state index contributed by atoms with van der Waals surface area (Å²) in [5, 5.41) is 15.8. The first-order valence-corrected chi connectivity index (χ1v) is 8.77. The monoisotopic (exact) mass is 401 g/mol. The average Bonchev–Trinajstić information content (AvgIpc) is 2.99. The van der Waals surface area contributed by atoms with Crippen molar-refractivity contribution in [3.05, 3.63) is 24.3 Å². The Bertz CT molecular complexity index is 749. The molecule has 0 aromatic heterocycles. The molecular weight excluding hydrogens is 379 g/mol. The van der Waals surface area contributed by atoms with Crippen molar-refractivity contribution in [1.29, 1.82) is 0 Å².